The molecule has 0 aromatic heterocycles. The highest BCUT2D eigenvalue weighted by atomic mass is 32.2. The first kappa shape index (κ1) is 22.0. The molecule has 9 heteroatoms. The van der Waals surface area contributed by atoms with Crippen LogP contribution in [0, 0.1) is 5.92 Å². The Bertz CT molecular complexity index is 1020. The number of allylic oxidation sites excluding steroid dienone is 2. The van der Waals surface area contributed by atoms with Gasteiger partial charge in [0.05, 0.1) is 16.5 Å². The number of rotatable bonds is 6. The Morgan fingerprint density at radius 1 is 1.33 bits per heavy atom. The Morgan fingerprint density at radius 3 is 2.63 bits per heavy atom. The first-order chi connectivity index (χ1) is 14.2. The number of carbonyl (C=O) groups excluding carboxylic acids is 1. The summed E-state index contributed by atoms with van der Waals surface area (Å²) in [6.07, 6.45) is 4.43. The van der Waals surface area contributed by atoms with Gasteiger partial charge in [-0.15, -0.1) is 0 Å². The van der Waals surface area contributed by atoms with E-state index >= 15 is 0 Å². The van der Waals surface area contributed by atoms with Crippen LogP contribution in [0.2, 0.25) is 0 Å². The Labute approximate surface area is 177 Å². The van der Waals surface area contributed by atoms with Crippen LogP contribution >= 0.6 is 0 Å². The molecule has 1 unspecified atom stereocenters. The van der Waals surface area contributed by atoms with Crippen molar-refractivity contribution in [2.75, 3.05) is 24.7 Å². The number of hydrogen-bond acceptors (Lipinski definition) is 7. The molecule has 0 saturated carbocycles. The average molecular weight is 432 g/mol. The molecule has 162 valence electrons. The minimum absolute atomic E-state index is 0.181. The number of nitrogens with one attached hydrogen (secondary N) is 3. The third kappa shape index (κ3) is 5.09. The van der Waals surface area contributed by atoms with Gasteiger partial charge in [0, 0.05) is 25.0 Å². The maximum Gasteiger partial charge on any atom is 0.252 e. The molecule has 2 heterocycles. The number of amidine groups is 1. The number of carbonyl (C=O) groups is 1. The number of nitrogens with zero attached hydrogens (tertiary/aromatic N) is 1. The molecular formula is C21H29N5O3S. The van der Waals surface area contributed by atoms with E-state index in [2.05, 4.69) is 29.8 Å². The lowest BCUT2D eigenvalue weighted by Gasteiger charge is -2.31. The van der Waals surface area contributed by atoms with Crippen molar-refractivity contribution in [2.45, 2.75) is 37.6 Å². The second kappa shape index (κ2) is 9.01. The van der Waals surface area contributed by atoms with Crippen LogP contribution < -0.4 is 21.7 Å². The molecule has 3 rings (SSSR count). The molecule has 1 fully saturated rings. The fraction of sp³-hybridized carbons (Fsp3) is 0.429. The molecular weight excluding hydrogens is 402 g/mol. The third-order valence-electron chi connectivity index (χ3n) is 5.35. The Balaban J connectivity index is 2.06. The van der Waals surface area contributed by atoms with Crippen LogP contribution in [0.4, 0.5) is 5.69 Å². The summed E-state index contributed by atoms with van der Waals surface area (Å²) >= 11 is 0. The number of amides is 1. The quantitative estimate of drug-likeness (QED) is 0.541. The molecule has 0 spiro atoms. The fourth-order valence-electron chi connectivity index (χ4n) is 3.49. The van der Waals surface area contributed by atoms with E-state index in [1.165, 1.54) is 17.7 Å². The van der Waals surface area contributed by atoms with Crippen LogP contribution in [-0.4, -0.2) is 45.5 Å². The molecule has 1 aromatic rings. The van der Waals surface area contributed by atoms with Gasteiger partial charge in [0.25, 0.3) is 5.91 Å². The molecule has 0 bridgehead atoms. The molecule has 0 aliphatic carbocycles. The predicted molar refractivity (Wildman–Crippen MR) is 119 cm³/mol. The van der Waals surface area contributed by atoms with Crippen LogP contribution in [0.15, 0.2) is 57.2 Å². The van der Waals surface area contributed by atoms with Crippen molar-refractivity contribution < 1.29 is 13.2 Å². The molecule has 8 nitrogen and oxygen atoms in total. The standard InChI is InChI=1S/C21H29N5O3S/c1-4-17-13(2)8-9-18(19(22)27)21(26-20(17)25-15-11-23-12-15)24-14-6-5-7-16(10-14)30(3,28)29/h5-7,9-10,13,15,23,25H,4,8,11-12H2,1-3H3,(H2,22,27)(H,24,26). The summed E-state index contributed by atoms with van der Waals surface area (Å²) in [5, 5.41) is 9.83. The Kier molecular flexibility index (Phi) is 6.62. The zero-order valence-electron chi connectivity index (χ0n) is 17.5. The molecule has 2 aliphatic heterocycles. The lowest BCUT2D eigenvalue weighted by atomic mass is 9.92. The first-order valence-electron chi connectivity index (χ1n) is 10.1. The van der Waals surface area contributed by atoms with Crippen LogP contribution in [0.5, 0.6) is 0 Å². The van der Waals surface area contributed by atoms with Crippen LogP contribution in [0.25, 0.3) is 0 Å². The highest BCUT2D eigenvalue weighted by molar-refractivity contribution is 7.90. The smallest absolute Gasteiger partial charge is 0.252 e. The topological polar surface area (TPSA) is 126 Å². The number of aliphatic imine (C=N–C) groups is 1. The maximum atomic E-state index is 12.2. The number of hydrogen-bond donors (Lipinski definition) is 4. The molecule has 1 aromatic carbocycles. The summed E-state index contributed by atoms with van der Waals surface area (Å²) in [7, 11) is -3.37. The van der Waals surface area contributed by atoms with Crippen LogP contribution in [0.3, 0.4) is 0 Å². The van der Waals surface area contributed by atoms with Crippen molar-refractivity contribution in [3.05, 3.63) is 47.3 Å². The van der Waals surface area contributed by atoms with Gasteiger partial charge >= 0.3 is 0 Å². The first-order valence-corrected chi connectivity index (χ1v) is 11.9. The normalized spacial score (nSPS) is 20.4. The summed E-state index contributed by atoms with van der Waals surface area (Å²) in [6.45, 7) is 5.90. The molecule has 2 aliphatic rings. The van der Waals surface area contributed by atoms with E-state index in [4.69, 9.17) is 10.7 Å². The minimum atomic E-state index is -3.37. The lowest BCUT2D eigenvalue weighted by molar-refractivity contribution is -0.114. The van der Waals surface area contributed by atoms with E-state index in [-0.39, 0.29) is 22.4 Å². The van der Waals surface area contributed by atoms with E-state index in [9.17, 15) is 13.2 Å². The number of anilines is 1. The maximum absolute atomic E-state index is 12.2. The van der Waals surface area contributed by atoms with E-state index in [0.717, 1.165) is 31.6 Å². The zero-order chi connectivity index (χ0) is 21.9. The van der Waals surface area contributed by atoms with E-state index in [1.54, 1.807) is 18.2 Å². The van der Waals surface area contributed by atoms with Crippen molar-refractivity contribution in [3.63, 3.8) is 0 Å². The third-order valence-corrected chi connectivity index (χ3v) is 6.46. The van der Waals surface area contributed by atoms with Gasteiger partial charge in [-0.2, -0.15) is 0 Å². The number of sulfone groups is 1. The SMILES string of the molecule is CCC1=C(NC2CNC2)N=C(Nc2cccc(S(C)(=O)=O)c2)C(C(N)=O)=CCC1C. The van der Waals surface area contributed by atoms with Crippen molar-refractivity contribution >= 4 is 27.3 Å². The van der Waals surface area contributed by atoms with Crippen molar-refractivity contribution in [2.24, 2.45) is 16.6 Å². The van der Waals surface area contributed by atoms with Gasteiger partial charge in [-0.3, -0.25) is 4.79 Å². The molecule has 1 saturated heterocycles. The summed E-state index contributed by atoms with van der Waals surface area (Å²) in [5.41, 5.74) is 7.63. The van der Waals surface area contributed by atoms with Gasteiger partial charge in [-0.05, 0) is 42.5 Å². The van der Waals surface area contributed by atoms with Gasteiger partial charge in [0.15, 0.2) is 9.84 Å². The second-order valence-corrected chi connectivity index (χ2v) is 9.75. The Hall–Kier alpha value is -2.65. The average Bonchev–Trinajstić information content (AvgIpc) is 2.63. The summed E-state index contributed by atoms with van der Waals surface area (Å²) < 4.78 is 23.8. The highest BCUT2D eigenvalue weighted by Crippen LogP contribution is 2.27. The minimum Gasteiger partial charge on any atom is -0.365 e. The van der Waals surface area contributed by atoms with Crippen LogP contribution in [-0.2, 0) is 14.6 Å². The monoisotopic (exact) mass is 431 g/mol. The summed E-state index contributed by atoms with van der Waals surface area (Å²) in [6, 6.07) is 6.69. The van der Waals surface area contributed by atoms with Gasteiger partial charge in [-0.25, -0.2) is 13.4 Å². The fourth-order valence-corrected chi connectivity index (χ4v) is 4.16. The largest absolute Gasteiger partial charge is 0.365 e. The molecule has 5 N–H and O–H groups in total. The molecule has 1 amide bonds. The van der Waals surface area contributed by atoms with E-state index in [1.807, 2.05) is 0 Å². The molecule has 30 heavy (non-hydrogen) atoms. The van der Waals surface area contributed by atoms with Gasteiger partial charge in [-0.1, -0.05) is 26.0 Å². The lowest BCUT2D eigenvalue weighted by Crippen LogP contribution is -2.55. The van der Waals surface area contributed by atoms with E-state index < -0.39 is 15.7 Å². The van der Waals surface area contributed by atoms with Gasteiger partial charge < -0.3 is 21.7 Å². The number of benzene rings is 1. The second-order valence-electron chi connectivity index (χ2n) is 7.73. The highest BCUT2D eigenvalue weighted by Gasteiger charge is 2.24. The molecule has 1 atom stereocenters. The van der Waals surface area contributed by atoms with Crippen molar-refractivity contribution in [1.29, 1.82) is 0 Å². The Morgan fingerprint density at radius 2 is 2.07 bits per heavy atom. The number of nitrogens with two attached hydrogens (primary N) is 1. The summed E-state index contributed by atoms with van der Waals surface area (Å²) in [4.78, 5) is 17.1. The van der Waals surface area contributed by atoms with Crippen molar-refractivity contribution in [3.8, 4) is 0 Å². The predicted octanol–water partition coefficient (Wildman–Crippen LogP) is 1.53. The zero-order valence-corrected chi connectivity index (χ0v) is 18.3. The molecule has 0 radical (unpaired) electrons. The van der Waals surface area contributed by atoms with E-state index in [0.29, 0.717) is 17.9 Å². The van der Waals surface area contributed by atoms with Gasteiger partial charge in [0.1, 0.15) is 11.7 Å². The van der Waals surface area contributed by atoms with Crippen molar-refractivity contribution in [1.82, 2.24) is 10.6 Å². The summed E-state index contributed by atoms with van der Waals surface area (Å²) in [5.74, 6) is 0.668. The van der Waals surface area contributed by atoms with Crippen LogP contribution in [0.1, 0.15) is 26.7 Å². The number of primary amides is 1. The van der Waals surface area contributed by atoms with Gasteiger partial charge in [0.2, 0.25) is 0 Å².